The van der Waals surface area contributed by atoms with E-state index >= 15 is 0 Å². The van der Waals surface area contributed by atoms with Crippen LogP contribution in [0.4, 0.5) is 11.4 Å². The highest BCUT2D eigenvalue weighted by Crippen LogP contribution is 2.33. The molecule has 2 atom stereocenters. The van der Waals surface area contributed by atoms with Crippen LogP contribution in [0.25, 0.3) is 0 Å². The first-order valence-electron chi connectivity index (χ1n) is 6.80. The number of nitrogens with one attached hydrogen (secondary N) is 1. The zero-order chi connectivity index (χ0) is 13.8. The van der Waals surface area contributed by atoms with Crippen molar-refractivity contribution < 1.29 is 4.92 Å². The van der Waals surface area contributed by atoms with Gasteiger partial charge in [0.25, 0.3) is 5.69 Å². The monoisotopic (exact) mass is 326 g/mol. The van der Waals surface area contributed by atoms with E-state index in [-0.39, 0.29) is 10.6 Å². The van der Waals surface area contributed by atoms with Gasteiger partial charge in [-0.25, -0.2) is 0 Å². The Bertz CT molecular complexity index is 465. The summed E-state index contributed by atoms with van der Waals surface area (Å²) in [7, 11) is 0. The average molecular weight is 327 g/mol. The van der Waals surface area contributed by atoms with Gasteiger partial charge in [-0.2, -0.15) is 0 Å². The van der Waals surface area contributed by atoms with Gasteiger partial charge in [-0.15, -0.1) is 0 Å². The standard InChI is InChI=1S/C14H19BrN2O2/c1-2-10-4-3-5-12(8-10)16-13-7-6-11(15)9-14(13)17(18)19/h6-7,9-10,12,16H,2-5,8H2,1H3. The quantitative estimate of drug-likeness (QED) is 0.642. The van der Waals surface area contributed by atoms with Crippen molar-refractivity contribution in [3.05, 3.63) is 32.8 Å². The maximum absolute atomic E-state index is 11.1. The van der Waals surface area contributed by atoms with Gasteiger partial charge in [0, 0.05) is 16.6 Å². The fourth-order valence-corrected chi connectivity index (χ4v) is 3.14. The number of nitrogens with zero attached hydrogens (tertiary/aromatic N) is 1. The van der Waals surface area contributed by atoms with E-state index in [2.05, 4.69) is 28.2 Å². The van der Waals surface area contributed by atoms with Crippen LogP contribution in [-0.2, 0) is 0 Å². The summed E-state index contributed by atoms with van der Waals surface area (Å²) in [5.74, 6) is 0.751. The molecule has 1 N–H and O–H groups in total. The lowest BCUT2D eigenvalue weighted by Gasteiger charge is -2.29. The van der Waals surface area contributed by atoms with Crippen molar-refractivity contribution in [3.8, 4) is 0 Å². The number of nitro groups is 1. The van der Waals surface area contributed by atoms with E-state index in [9.17, 15) is 10.1 Å². The van der Waals surface area contributed by atoms with Crippen molar-refractivity contribution in [2.45, 2.75) is 45.1 Å². The van der Waals surface area contributed by atoms with Crippen LogP contribution >= 0.6 is 15.9 Å². The molecular formula is C14H19BrN2O2. The van der Waals surface area contributed by atoms with Crippen molar-refractivity contribution in [1.29, 1.82) is 0 Å². The molecule has 0 saturated heterocycles. The lowest BCUT2D eigenvalue weighted by molar-refractivity contribution is -0.384. The van der Waals surface area contributed by atoms with Crippen molar-refractivity contribution >= 4 is 27.3 Å². The molecule has 1 aromatic carbocycles. The third kappa shape index (κ3) is 3.69. The molecule has 0 amide bonds. The van der Waals surface area contributed by atoms with Crippen LogP contribution in [0.3, 0.4) is 0 Å². The number of anilines is 1. The third-order valence-corrected chi connectivity index (χ3v) is 4.37. The molecule has 2 rings (SSSR count). The van der Waals surface area contributed by atoms with Gasteiger partial charge < -0.3 is 5.32 Å². The molecule has 1 saturated carbocycles. The lowest BCUT2D eigenvalue weighted by Crippen LogP contribution is -2.27. The normalized spacial score (nSPS) is 23.1. The Morgan fingerprint density at radius 3 is 2.95 bits per heavy atom. The largest absolute Gasteiger partial charge is 0.377 e. The first-order valence-corrected chi connectivity index (χ1v) is 7.60. The van der Waals surface area contributed by atoms with Gasteiger partial charge in [-0.3, -0.25) is 10.1 Å². The zero-order valence-corrected chi connectivity index (χ0v) is 12.6. The molecule has 0 spiro atoms. The van der Waals surface area contributed by atoms with Crippen molar-refractivity contribution in [1.82, 2.24) is 0 Å². The number of rotatable bonds is 4. The fourth-order valence-electron chi connectivity index (χ4n) is 2.79. The number of hydrogen-bond acceptors (Lipinski definition) is 3. The van der Waals surface area contributed by atoms with E-state index in [0.29, 0.717) is 11.7 Å². The van der Waals surface area contributed by atoms with E-state index < -0.39 is 0 Å². The Kier molecular flexibility index (Phi) is 4.80. The summed E-state index contributed by atoms with van der Waals surface area (Å²) in [6, 6.07) is 5.55. The Balaban J connectivity index is 2.12. The average Bonchev–Trinajstić information content (AvgIpc) is 2.41. The Hall–Kier alpha value is -1.10. The maximum Gasteiger partial charge on any atom is 0.293 e. The van der Waals surface area contributed by atoms with Crippen LogP contribution in [0.5, 0.6) is 0 Å². The molecule has 104 valence electrons. The second-order valence-electron chi connectivity index (χ2n) is 5.20. The Labute approximate surface area is 121 Å². The second-order valence-corrected chi connectivity index (χ2v) is 6.12. The van der Waals surface area contributed by atoms with Crippen molar-refractivity contribution in [2.24, 2.45) is 5.92 Å². The highest BCUT2D eigenvalue weighted by molar-refractivity contribution is 9.10. The summed E-state index contributed by atoms with van der Waals surface area (Å²) in [5.41, 5.74) is 0.781. The van der Waals surface area contributed by atoms with E-state index in [1.54, 1.807) is 12.1 Å². The molecule has 5 heteroatoms. The van der Waals surface area contributed by atoms with Gasteiger partial charge in [0.05, 0.1) is 4.92 Å². The number of hydrogen-bond donors (Lipinski definition) is 1. The van der Waals surface area contributed by atoms with Crippen LogP contribution in [-0.4, -0.2) is 11.0 Å². The molecule has 0 aliphatic heterocycles. The zero-order valence-electron chi connectivity index (χ0n) is 11.1. The smallest absolute Gasteiger partial charge is 0.293 e. The molecule has 1 fully saturated rings. The van der Waals surface area contributed by atoms with E-state index in [1.165, 1.54) is 19.3 Å². The van der Waals surface area contributed by atoms with Crippen LogP contribution in [0.2, 0.25) is 0 Å². The topological polar surface area (TPSA) is 55.2 Å². The van der Waals surface area contributed by atoms with Gasteiger partial charge >= 0.3 is 0 Å². The summed E-state index contributed by atoms with van der Waals surface area (Å²) >= 11 is 3.28. The molecular weight excluding hydrogens is 308 g/mol. The Morgan fingerprint density at radius 1 is 1.47 bits per heavy atom. The molecule has 1 aliphatic rings. The molecule has 19 heavy (non-hydrogen) atoms. The lowest BCUT2D eigenvalue weighted by atomic mass is 9.84. The minimum Gasteiger partial charge on any atom is -0.377 e. The van der Waals surface area contributed by atoms with Crippen LogP contribution in [0, 0.1) is 16.0 Å². The minimum absolute atomic E-state index is 0.146. The van der Waals surface area contributed by atoms with Crippen molar-refractivity contribution in [3.63, 3.8) is 0 Å². The predicted molar refractivity (Wildman–Crippen MR) is 80.5 cm³/mol. The van der Waals surface area contributed by atoms with Crippen LogP contribution in [0.15, 0.2) is 22.7 Å². The summed E-state index contributed by atoms with van der Waals surface area (Å²) in [4.78, 5) is 10.8. The first-order chi connectivity index (χ1) is 9.10. The van der Waals surface area contributed by atoms with Crippen molar-refractivity contribution in [2.75, 3.05) is 5.32 Å². The molecule has 0 radical (unpaired) electrons. The molecule has 1 aliphatic carbocycles. The molecule has 0 bridgehead atoms. The highest BCUT2D eigenvalue weighted by atomic mass is 79.9. The third-order valence-electron chi connectivity index (χ3n) is 3.88. The highest BCUT2D eigenvalue weighted by Gasteiger charge is 2.23. The molecule has 0 aromatic heterocycles. The fraction of sp³-hybridized carbons (Fsp3) is 0.571. The molecule has 0 heterocycles. The van der Waals surface area contributed by atoms with Crippen LogP contribution < -0.4 is 5.32 Å². The number of benzene rings is 1. The van der Waals surface area contributed by atoms with E-state index in [4.69, 9.17) is 0 Å². The maximum atomic E-state index is 11.1. The molecule has 1 aromatic rings. The van der Waals surface area contributed by atoms with Crippen LogP contribution in [0.1, 0.15) is 39.0 Å². The summed E-state index contributed by atoms with van der Waals surface area (Å²) < 4.78 is 0.736. The second kappa shape index (κ2) is 6.37. The number of nitro benzene ring substituents is 1. The molecule has 4 nitrogen and oxygen atoms in total. The summed E-state index contributed by atoms with van der Waals surface area (Å²) in [5, 5.41) is 14.4. The Morgan fingerprint density at radius 2 is 2.26 bits per heavy atom. The van der Waals surface area contributed by atoms with Gasteiger partial charge in [-0.1, -0.05) is 42.1 Å². The van der Waals surface area contributed by atoms with Gasteiger partial charge in [-0.05, 0) is 30.9 Å². The van der Waals surface area contributed by atoms with E-state index in [0.717, 1.165) is 23.2 Å². The minimum atomic E-state index is -0.326. The molecule has 2 unspecified atom stereocenters. The first kappa shape index (κ1) is 14.3. The predicted octanol–water partition coefficient (Wildman–Crippen LogP) is 4.74. The van der Waals surface area contributed by atoms with Gasteiger partial charge in [0.2, 0.25) is 0 Å². The summed E-state index contributed by atoms with van der Waals surface area (Å²) in [6.07, 6.45) is 5.91. The van der Waals surface area contributed by atoms with E-state index in [1.807, 2.05) is 6.07 Å². The SMILES string of the molecule is CCC1CCCC(Nc2ccc(Br)cc2[N+](=O)[O-])C1. The number of halogens is 1. The van der Waals surface area contributed by atoms with Gasteiger partial charge in [0.15, 0.2) is 0 Å². The summed E-state index contributed by atoms with van der Waals surface area (Å²) in [6.45, 7) is 2.22. The van der Waals surface area contributed by atoms with Gasteiger partial charge in [0.1, 0.15) is 5.69 Å².